The van der Waals surface area contributed by atoms with Crippen molar-refractivity contribution in [3.63, 3.8) is 0 Å². The lowest BCUT2D eigenvalue weighted by molar-refractivity contribution is -0.00787. The summed E-state index contributed by atoms with van der Waals surface area (Å²) in [6.07, 6.45) is 4.91. The largest absolute Gasteiger partial charge is 0.491 e. The molecular formula is C29H27F5O2. The van der Waals surface area contributed by atoms with Gasteiger partial charge >= 0.3 is 0 Å². The summed E-state index contributed by atoms with van der Waals surface area (Å²) >= 11 is 0. The smallest absolute Gasteiger partial charge is 0.201 e. The number of rotatable bonds is 8. The minimum atomic E-state index is -1.35. The van der Waals surface area contributed by atoms with Gasteiger partial charge in [-0.15, -0.1) is 6.58 Å². The summed E-state index contributed by atoms with van der Waals surface area (Å²) < 4.78 is 84.3. The fourth-order valence-corrected chi connectivity index (χ4v) is 4.46. The number of aryl methyl sites for hydroxylation is 1. The zero-order chi connectivity index (χ0) is 25.8. The van der Waals surface area contributed by atoms with E-state index >= 15 is 0 Å². The molecule has 1 saturated heterocycles. The molecule has 36 heavy (non-hydrogen) atoms. The first-order valence-electron chi connectivity index (χ1n) is 12.0. The van der Waals surface area contributed by atoms with E-state index in [1.54, 1.807) is 13.0 Å². The molecule has 0 bridgehead atoms. The first kappa shape index (κ1) is 25.9. The molecule has 0 N–H and O–H groups in total. The standard InChI is InChI=1S/C29H27F5O2/c1-3-17-5-9-20(36-16-17)10-8-18-6-7-19(15-24(18)30)21-11-12-22(27(32)26(21)31)23-13-14-25(35-4-2)29(34)28(23)33/h3,6-7,11-15,17,20H,1,4-5,8-10,16H2,2H3. The maximum absolute atomic E-state index is 15.0. The van der Waals surface area contributed by atoms with E-state index in [2.05, 4.69) is 6.58 Å². The number of benzene rings is 3. The molecule has 3 aromatic rings. The summed E-state index contributed by atoms with van der Waals surface area (Å²) in [6.45, 7) is 6.12. The van der Waals surface area contributed by atoms with E-state index in [4.69, 9.17) is 9.47 Å². The monoisotopic (exact) mass is 502 g/mol. The van der Waals surface area contributed by atoms with Crippen LogP contribution < -0.4 is 4.74 Å². The summed E-state index contributed by atoms with van der Waals surface area (Å²) in [7, 11) is 0. The van der Waals surface area contributed by atoms with Crippen LogP contribution in [-0.2, 0) is 11.2 Å². The van der Waals surface area contributed by atoms with Crippen molar-refractivity contribution in [3.8, 4) is 28.0 Å². The van der Waals surface area contributed by atoms with Gasteiger partial charge in [-0.05, 0) is 61.9 Å². The molecule has 2 nitrogen and oxygen atoms in total. The van der Waals surface area contributed by atoms with Crippen LogP contribution in [0.1, 0.15) is 31.7 Å². The molecule has 7 heteroatoms. The second kappa shape index (κ2) is 11.2. The van der Waals surface area contributed by atoms with Crippen molar-refractivity contribution in [2.75, 3.05) is 13.2 Å². The normalized spacial score (nSPS) is 17.7. The first-order chi connectivity index (χ1) is 17.3. The molecule has 0 spiro atoms. The molecule has 190 valence electrons. The summed E-state index contributed by atoms with van der Waals surface area (Å²) in [5, 5.41) is 0. The third-order valence-electron chi connectivity index (χ3n) is 6.56. The Morgan fingerprint density at radius 2 is 1.56 bits per heavy atom. The number of hydrogen-bond donors (Lipinski definition) is 0. The minimum absolute atomic E-state index is 0.0483. The van der Waals surface area contributed by atoms with Crippen molar-refractivity contribution < 1.29 is 31.4 Å². The molecule has 1 heterocycles. The van der Waals surface area contributed by atoms with Crippen LogP contribution in [0.2, 0.25) is 0 Å². The lowest BCUT2D eigenvalue weighted by Gasteiger charge is -2.27. The Bertz CT molecular complexity index is 1250. The highest BCUT2D eigenvalue weighted by Gasteiger charge is 2.23. The first-order valence-corrected chi connectivity index (χ1v) is 12.0. The predicted octanol–water partition coefficient (Wildman–Crippen LogP) is 8.03. The highest BCUT2D eigenvalue weighted by molar-refractivity contribution is 5.72. The Morgan fingerprint density at radius 3 is 2.19 bits per heavy atom. The quantitative estimate of drug-likeness (QED) is 0.229. The Balaban J connectivity index is 1.53. The van der Waals surface area contributed by atoms with E-state index in [9.17, 15) is 22.0 Å². The van der Waals surface area contributed by atoms with Gasteiger partial charge in [0.15, 0.2) is 23.2 Å². The molecular weight excluding hydrogens is 475 g/mol. The van der Waals surface area contributed by atoms with Gasteiger partial charge in [0, 0.05) is 22.6 Å². The van der Waals surface area contributed by atoms with Gasteiger partial charge in [0.1, 0.15) is 5.82 Å². The summed E-state index contributed by atoms with van der Waals surface area (Å²) in [5.74, 6) is -5.76. The van der Waals surface area contributed by atoms with Gasteiger partial charge in [-0.3, -0.25) is 0 Å². The highest BCUT2D eigenvalue weighted by atomic mass is 19.2. The van der Waals surface area contributed by atoms with Gasteiger partial charge in [0.25, 0.3) is 0 Å². The van der Waals surface area contributed by atoms with E-state index in [1.807, 2.05) is 6.08 Å². The summed E-state index contributed by atoms with van der Waals surface area (Å²) in [6, 6.07) is 8.88. The van der Waals surface area contributed by atoms with E-state index in [0.29, 0.717) is 30.9 Å². The van der Waals surface area contributed by atoms with Gasteiger partial charge in [-0.2, -0.15) is 4.39 Å². The van der Waals surface area contributed by atoms with Gasteiger partial charge in [0.05, 0.1) is 19.3 Å². The number of ether oxygens (including phenoxy) is 2. The summed E-state index contributed by atoms with van der Waals surface area (Å²) in [4.78, 5) is 0. The van der Waals surface area contributed by atoms with Crippen LogP contribution in [-0.4, -0.2) is 19.3 Å². The Morgan fingerprint density at radius 1 is 0.889 bits per heavy atom. The molecule has 2 unspecified atom stereocenters. The molecule has 1 aliphatic heterocycles. The van der Waals surface area contributed by atoms with Crippen LogP contribution in [0.3, 0.4) is 0 Å². The van der Waals surface area contributed by atoms with Gasteiger partial charge in [0.2, 0.25) is 5.82 Å². The average molecular weight is 503 g/mol. The lowest BCUT2D eigenvalue weighted by atomic mass is 9.94. The molecule has 0 amide bonds. The lowest BCUT2D eigenvalue weighted by Crippen LogP contribution is -2.25. The molecule has 3 aromatic carbocycles. The van der Waals surface area contributed by atoms with Gasteiger partial charge in [-0.1, -0.05) is 30.3 Å². The summed E-state index contributed by atoms with van der Waals surface area (Å²) in [5.41, 5.74) is -0.471. The topological polar surface area (TPSA) is 18.5 Å². The zero-order valence-electron chi connectivity index (χ0n) is 19.9. The molecule has 1 fully saturated rings. The highest BCUT2D eigenvalue weighted by Crippen LogP contribution is 2.36. The second-order valence-electron chi connectivity index (χ2n) is 8.83. The fraction of sp³-hybridized carbons (Fsp3) is 0.310. The maximum atomic E-state index is 15.0. The number of halogens is 5. The van der Waals surface area contributed by atoms with Crippen molar-refractivity contribution >= 4 is 0 Å². The van der Waals surface area contributed by atoms with Crippen molar-refractivity contribution in [3.05, 3.63) is 89.8 Å². The van der Waals surface area contributed by atoms with Crippen molar-refractivity contribution in [1.82, 2.24) is 0 Å². The van der Waals surface area contributed by atoms with E-state index < -0.39 is 40.2 Å². The predicted molar refractivity (Wildman–Crippen MR) is 129 cm³/mol. The fourth-order valence-electron chi connectivity index (χ4n) is 4.46. The Kier molecular flexibility index (Phi) is 8.09. The van der Waals surface area contributed by atoms with Crippen LogP contribution in [0, 0.1) is 35.0 Å². The van der Waals surface area contributed by atoms with Crippen LogP contribution in [0.4, 0.5) is 22.0 Å². The van der Waals surface area contributed by atoms with Gasteiger partial charge in [-0.25, -0.2) is 17.6 Å². The zero-order valence-corrected chi connectivity index (χ0v) is 19.9. The van der Waals surface area contributed by atoms with E-state index in [-0.39, 0.29) is 29.6 Å². The number of hydrogen-bond acceptors (Lipinski definition) is 2. The van der Waals surface area contributed by atoms with E-state index in [0.717, 1.165) is 37.1 Å². The maximum Gasteiger partial charge on any atom is 0.201 e. The average Bonchev–Trinajstić information content (AvgIpc) is 2.88. The van der Waals surface area contributed by atoms with Crippen LogP contribution in [0.15, 0.2) is 55.1 Å². The van der Waals surface area contributed by atoms with Crippen molar-refractivity contribution in [2.24, 2.45) is 5.92 Å². The molecule has 0 saturated carbocycles. The van der Waals surface area contributed by atoms with Crippen molar-refractivity contribution in [2.45, 2.75) is 38.7 Å². The molecule has 0 aliphatic carbocycles. The SMILES string of the molecule is C=CC1CCC(CCc2ccc(-c3ccc(-c4ccc(OCC)c(F)c4F)c(F)c3F)cc2F)OC1. The molecule has 0 radical (unpaired) electrons. The third-order valence-corrected chi connectivity index (χ3v) is 6.56. The van der Waals surface area contributed by atoms with Crippen LogP contribution in [0.5, 0.6) is 5.75 Å². The Hall–Kier alpha value is -3.19. The van der Waals surface area contributed by atoms with E-state index in [1.165, 1.54) is 12.1 Å². The molecule has 2 atom stereocenters. The van der Waals surface area contributed by atoms with Gasteiger partial charge < -0.3 is 9.47 Å². The van der Waals surface area contributed by atoms with Crippen molar-refractivity contribution in [1.29, 1.82) is 0 Å². The third kappa shape index (κ3) is 5.31. The molecule has 1 aliphatic rings. The minimum Gasteiger partial charge on any atom is -0.491 e. The van der Waals surface area contributed by atoms with Crippen LogP contribution in [0.25, 0.3) is 22.3 Å². The molecule has 0 aromatic heterocycles. The second-order valence-corrected chi connectivity index (χ2v) is 8.83. The molecule has 4 rings (SSSR count). The Labute approximate surface area is 207 Å². The van der Waals surface area contributed by atoms with Crippen LogP contribution >= 0.6 is 0 Å².